The zero-order chi connectivity index (χ0) is 17.9. The Labute approximate surface area is 138 Å². The molecule has 0 spiro atoms. The molecule has 1 heterocycles. The minimum absolute atomic E-state index is 0.0259. The van der Waals surface area contributed by atoms with Gasteiger partial charge in [-0.2, -0.15) is 18.4 Å². The van der Waals surface area contributed by atoms with Crippen molar-refractivity contribution >= 4 is 11.6 Å². The van der Waals surface area contributed by atoms with Crippen molar-refractivity contribution in [1.29, 1.82) is 5.26 Å². The fourth-order valence-corrected chi connectivity index (χ4v) is 2.67. The Morgan fingerprint density at radius 1 is 1.54 bits per heavy atom. The molecule has 130 valence electrons. The number of alkyl halides is 3. The zero-order valence-electron chi connectivity index (χ0n) is 13.2. The predicted molar refractivity (Wildman–Crippen MR) is 83.2 cm³/mol. The summed E-state index contributed by atoms with van der Waals surface area (Å²) in [5.74, 6) is -0.239. The quantitative estimate of drug-likeness (QED) is 0.878. The number of anilines is 1. The van der Waals surface area contributed by atoms with Gasteiger partial charge in [0.25, 0.3) is 0 Å². The standard InChI is InChI=1S/C16H19F3N4O/c1-2-13(21)15(24)22-12-5-6-23(9-12)14-4-3-11(16(17,18)19)7-10(14)8-20/h3-4,7,12-13H,2,5-6,9,21H2,1H3,(H,22,24). The van der Waals surface area contributed by atoms with Crippen LogP contribution in [0.15, 0.2) is 18.2 Å². The maximum atomic E-state index is 12.7. The fourth-order valence-electron chi connectivity index (χ4n) is 2.67. The van der Waals surface area contributed by atoms with Crippen LogP contribution in [0.3, 0.4) is 0 Å². The Bertz CT molecular complexity index is 654. The van der Waals surface area contributed by atoms with Crippen LogP contribution in [0.4, 0.5) is 18.9 Å². The monoisotopic (exact) mass is 340 g/mol. The molecule has 1 fully saturated rings. The Balaban J connectivity index is 2.11. The van der Waals surface area contributed by atoms with Gasteiger partial charge in [0.15, 0.2) is 0 Å². The molecule has 3 N–H and O–H groups in total. The number of nitrogens with one attached hydrogen (secondary N) is 1. The van der Waals surface area contributed by atoms with E-state index in [1.165, 1.54) is 6.07 Å². The Hall–Kier alpha value is -2.27. The van der Waals surface area contributed by atoms with Crippen LogP contribution >= 0.6 is 0 Å². The summed E-state index contributed by atoms with van der Waals surface area (Å²) in [6.07, 6.45) is -3.31. The number of benzene rings is 1. The van der Waals surface area contributed by atoms with Gasteiger partial charge < -0.3 is 16.0 Å². The smallest absolute Gasteiger partial charge is 0.368 e. The lowest BCUT2D eigenvalue weighted by atomic mass is 10.1. The van der Waals surface area contributed by atoms with Gasteiger partial charge in [-0.1, -0.05) is 6.92 Å². The minimum atomic E-state index is -4.48. The Kier molecular flexibility index (Phi) is 5.34. The van der Waals surface area contributed by atoms with Gasteiger partial charge in [-0.05, 0) is 31.0 Å². The van der Waals surface area contributed by atoms with Gasteiger partial charge in [0, 0.05) is 19.1 Å². The van der Waals surface area contributed by atoms with E-state index in [9.17, 15) is 18.0 Å². The number of amides is 1. The SMILES string of the molecule is CCC(N)C(=O)NC1CCN(c2ccc(C(F)(F)F)cc2C#N)C1. The lowest BCUT2D eigenvalue weighted by Crippen LogP contribution is -2.46. The first-order chi connectivity index (χ1) is 11.3. The van der Waals surface area contributed by atoms with Crippen molar-refractivity contribution < 1.29 is 18.0 Å². The van der Waals surface area contributed by atoms with Gasteiger partial charge in [0.05, 0.1) is 22.9 Å². The number of carbonyl (C=O) groups is 1. The molecule has 1 saturated heterocycles. The highest BCUT2D eigenvalue weighted by molar-refractivity contribution is 5.81. The molecule has 5 nitrogen and oxygen atoms in total. The Morgan fingerprint density at radius 3 is 2.83 bits per heavy atom. The molecule has 0 radical (unpaired) electrons. The van der Waals surface area contributed by atoms with Crippen molar-refractivity contribution in [1.82, 2.24) is 5.32 Å². The second-order valence-corrected chi connectivity index (χ2v) is 5.80. The van der Waals surface area contributed by atoms with E-state index >= 15 is 0 Å². The van der Waals surface area contributed by atoms with Crippen LogP contribution in [0.25, 0.3) is 0 Å². The first-order valence-electron chi connectivity index (χ1n) is 7.68. The molecule has 1 aliphatic heterocycles. The number of hydrogen-bond acceptors (Lipinski definition) is 4. The van der Waals surface area contributed by atoms with E-state index in [0.717, 1.165) is 12.1 Å². The minimum Gasteiger partial charge on any atom is -0.368 e. The van der Waals surface area contributed by atoms with Crippen molar-refractivity contribution in [2.45, 2.75) is 38.0 Å². The average molecular weight is 340 g/mol. The summed E-state index contributed by atoms with van der Waals surface area (Å²) >= 11 is 0. The summed E-state index contributed by atoms with van der Waals surface area (Å²) in [6, 6.07) is 4.25. The highest BCUT2D eigenvalue weighted by Crippen LogP contribution is 2.33. The number of hydrogen-bond donors (Lipinski definition) is 2. The predicted octanol–water partition coefficient (Wildman–Crippen LogP) is 2.01. The third-order valence-electron chi connectivity index (χ3n) is 4.10. The van der Waals surface area contributed by atoms with E-state index in [1.807, 2.05) is 13.0 Å². The summed E-state index contributed by atoms with van der Waals surface area (Å²) in [4.78, 5) is 13.6. The molecule has 1 aliphatic rings. The third kappa shape index (κ3) is 3.97. The number of nitriles is 1. The molecule has 0 bridgehead atoms. The van der Waals surface area contributed by atoms with Crippen molar-refractivity contribution in [3.8, 4) is 6.07 Å². The molecule has 0 saturated carbocycles. The van der Waals surface area contributed by atoms with E-state index in [0.29, 0.717) is 31.6 Å². The first-order valence-corrected chi connectivity index (χ1v) is 7.68. The summed E-state index contributed by atoms with van der Waals surface area (Å²) in [5, 5.41) is 12.0. The molecule has 1 aromatic carbocycles. The molecule has 1 aromatic rings. The van der Waals surface area contributed by atoms with E-state index in [2.05, 4.69) is 5.32 Å². The topological polar surface area (TPSA) is 82.2 Å². The van der Waals surface area contributed by atoms with Gasteiger partial charge in [-0.25, -0.2) is 0 Å². The first kappa shape index (κ1) is 18.1. The van der Waals surface area contributed by atoms with Gasteiger partial charge in [0.2, 0.25) is 5.91 Å². The lowest BCUT2D eigenvalue weighted by molar-refractivity contribution is -0.137. The van der Waals surface area contributed by atoms with Gasteiger partial charge in [0.1, 0.15) is 6.07 Å². The third-order valence-corrected chi connectivity index (χ3v) is 4.10. The zero-order valence-corrected chi connectivity index (χ0v) is 13.2. The van der Waals surface area contributed by atoms with Crippen LogP contribution in [0, 0.1) is 11.3 Å². The van der Waals surface area contributed by atoms with E-state index in [1.54, 1.807) is 4.90 Å². The van der Waals surface area contributed by atoms with Gasteiger partial charge in [-0.15, -0.1) is 0 Å². The van der Waals surface area contributed by atoms with Crippen molar-refractivity contribution in [2.24, 2.45) is 5.73 Å². The summed E-state index contributed by atoms with van der Waals surface area (Å²) < 4.78 is 38.2. The maximum Gasteiger partial charge on any atom is 0.416 e. The Morgan fingerprint density at radius 2 is 2.25 bits per heavy atom. The van der Waals surface area contributed by atoms with Gasteiger partial charge in [-0.3, -0.25) is 4.79 Å². The normalized spacial score (nSPS) is 19.0. The second-order valence-electron chi connectivity index (χ2n) is 5.80. The molecule has 2 rings (SSSR count). The van der Waals surface area contributed by atoms with Crippen LogP contribution < -0.4 is 16.0 Å². The summed E-state index contributed by atoms with van der Waals surface area (Å²) in [7, 11) is 0. The second kappa shape index (κ2) is 7.09. The number of rotatable bonds is 4. The number of carbonyl (C=O) groups excluding carboxylic acids is 1. The van der Waals surface area contributed by atoms with Crippen LogP contribution in [-0.4, -0.2) is 31.1 Å². The molecule has 2 unspecified atom stereocenters. The van der Waals surface area contributed by atoms with Crippen molar-refractivity contribution in [3.05, 3.63) is 29.3 Å². The van der Waals surface area contributed by atoms with Gasteiger partial charge >= 0.3 is 6.18 Å². The van der Waals surface area contributed by atoms with Crippen molar-refractivity contribution in [2.75, 3.05) is 18.0 Å². The van der Waals surface area contributed by atoms with Crippen LogP contribution in [0.2, 0.25) is 0 Å². The molecule has 24 heavy (non-hydrogen) atoms. The largest absolute Gasteiger partial charge is 0.416 e. The molecule has 8 heteroatoms. The number of nitrogens with two attached hydrogens (primary N) is 1. The number of halogens is 3. The van der Waals surface area contributed by atoms with E-state index in [-0.39, 0.29) is 17.5 Å². The summed E-state index contributed by atoms with van der Waals surface area (Å²) in [5.41, 5.74) is 5.24. The lowest BCUT2D eigenvalue weighted by Gasteiger charge is -2.21. The van der Waals surface area contributed by atoms with E-state index < -0.39 is 17.8 Å². The highest BCUT2D eigenvalue weighted by atomic mass is 19.4. The molecule has 2 atom stereocenters. The van der Waals surface area contributed by atoms with Crippen molar-refractivity contribution in [3.63, 3.8) is 0 Å². The highest BCUT2D eigenvalue weighted by Gasteiger charge is 2.32. The number of nitrogens with zero attached hydrogens (tertiary/aromatic N) is 2. The molecule has 0 aliphatic carbocycles. The van der Waals surface area contributed by atoms with Crippen LogP contribution in [0.5, 0.6) is 0 Å². The molecule has 1 amide bonds. The molecule has 0 aromatic heterocycles. The molecular formula is C16H19F3N4O. The average Bonchev–Trinajstić information content (AvgIpc) is 3.00. The summed E-state index contributed by atoms with van der Waals surface area (Å²) in [6.45, 7) is 2.79. The maximum absolute atomic E-state index is 12.7. The molecular weight excluding hydrogens is 321 g/mol. The van der Waals surface area contributed by atoms with E-state index in [4.69, 9.17) is 11.0 Å². The van der Waals surface area contributed by atoms with Crippen LogP contribution in [0.1, 0.15) is 30.9 Å². The fraction of sp³-hybridized carbons (Fsp3) is 0.500. The van der Waals surface area contributed by atoms with Crippen LogP contribution in [-0.2, 0) is 11.0 Å².